The zero-order valence-corrected chi connectivity index (χ0v) is 18.3. The summed E-state index contributed by atoms with van der Waals surface area (Å²) in [4.78, 5) is 37.7. The molecule has 0 aromatic heterocycles. The Morgan fingerprint density at radius 3 is 2.52 bits per heavy atom. The number of ether oxygens (including phenoxy) is 1. The molecule has 2 heterocycles. The van der Waals surface area contributed by atoms with E-state index in [2.05, 4.69) is 5.32 Å². The molecule has 1 unspecified atom stereocenters. The maximum atomic E-state index is 13.0. The summed E-state index contributed by atoms with van der Waals surface area (Å²) in [6.45, 7) is 2.51. The molecule has 4 rings (SSSR count). The number of piperidine rings is 1. The standard InChI is InChI=1S/C21H27N3O6S/c1-14(19(25)24-12-9-22-21(24)27)30-20(26)16-7-10-23(11-8-16)31(28,29)18-6-5-15-3-2-4-17(15)13-18/h5-6,13-14,16H,2-4,7-12H2,1H3,(H,22,27). The Kier molecular flexibility index (Phi) is 6.02. The van der Waals surface area contributed by atoms with Crippen LogP contribution in [0.4, 0.5) is 4.79 Å². The van der Waals surface area contributed by atoms with Crippen LogP contribution in [0.2, 0.25) is 0 Å². The van der Waals surface area contributed by atoms with Gasteiger partial charge in [0.15, 0.2) is 6.10 Å². The van der Waals surface area contributed by atoms with Crippen LogP contribution < -0.4 is 5.32 Å². The molecule has 1 atom stereocenters. The van der Waals surface area contributed by atoms with Gasteiger partial charge in [-0.15, -0.1) is 0 Å². The molecule has 0 bridgehead atoms. The van der Waals surface area contributed by atoms with Crippen LogP contribution in [0.25, 0.3) is 0 Å². The van der Waals surface area contributed by atoms with Crippen molar-refractivity contribution >= 4 is 27.9 Å². The summed E-state index contributed by atoms with van der Waals surface area (Å²) >= 11 is 0. The average Bonchev–Trinajstić information content (AvgIpc) is 3.41. The Morgan fingerprint density at radius 2 is 1.84 bits per heavy atom. The third-order valence-electron chi connectivity index (χ3n) is 6.26. The number of hydrogen-bond acceptors (Lipinski definition) is 6. The Labute approximate surface area is 181 Å². The van der Waals surface area contributed by atoms with Crippen LogP contribution in [0.3, 0.4) is 0 Å². The number of fused-ring (bicyclic) bond motifs is 1. The van der Waals surface area contributed by atoms with Crippen molar-refractivity contribution < 1.29 is 27.5 Å². The summed E-state index contributed by atoms with van der Waals surface area (Å²) in [6.07, 6.45) is 2.54. The highest BCUT2D eigenvalue weighted by Crippen LogP contribution is 2.29. The number of hydrogen-bond donors (Lipinski definition) is 1. The SMILES string of the molecule is CC(OC(=O)C1CCN(S(=O)(=O)c2ccc3c(c2)CCC3)CC1)C(=O)N1CCNC1=O. The van der Waals surface area contributed by atoms with Crippen molar-refractivity contribution in [1.29, 1.82) is 0 Å². The molecule has 0 radical (unpaired) electrons. The highest BCUT2D eigenvalue weighted by molar-refractivity contribution is 7.89. The van der Waals surface area contributed by atoms with Crippen LogP contribution in [0.1, 0.15) is 37.3 Å². The van der Waals surface area contributed by atoms with Crippen LogP contribution in [-0.2, 0) is 37.2 Å². The van der Waals surface area contributed by atoms with E-state index < -0.39 is 40.0 Å². The van der Waals surface area contributed by atoms with E-state index >= 15 is 0 Å². The van der Waals surface area contributed by atoms with Gasteiger partial charge in [-0.1, -0.05) is 6.07 Å². The first-order valence-corrected chi connectivity index (χ1v) is 12.1. The number of amides is 3. The highest BCUT2D eigenvalue weighted by Gasteiger charge is 2.36. The number of benzene rings is 1. The van der Waals surface area contributed by atoms with Gasteiger partial charge in [-0.05, 0) is 62.3 Å². The van der Waals surface area contributed by atoms with Crippen molar-refractivity contribution in [2.75, 3.05) is 26.2 Å². The first-order chi connectivity index (χ1) is 14.8. The molecule has 168 valence electrons. The van der Waals surface area contributed by atoms with E-state index in [9.17, 15) is 22.8 Å². The third kappa shape index (κ3) is 4.31. The smallest absolute Gasteiger partial charge is 0.324 e. The van der Waals surface area contributed by atoms with Crippen LogP contribution >= 0.6 is 0 Å². The number of imide groups is 1. The summed E-state index contributed by atoms with van der Waals surface area (Å²) in [6, 6.07) is 4.86. The number of sulfonamides is 1. The largest absolute Gasteiger partial charge is 0.452 e. The molecule has 31 heavy (non-hydrogen) atoms. The number of nitrogens with zero attached hydrogens (tertiary/aromatic N) is 2. The van der Waals surface area contributed by atoms with E-state index in [1.165, 1.54) is 16.8 Å². The van der Waals surface area contributed by atoms with Gasteiger partial charge in [0.1, 0.15) is 0 Å². The molecule has 3 amide bonds. The second-order valence-electron chi connectivity index (χ2n) is 8.26. The van der Waals surface area contributed by atoms with Gasteiger partial charge in [-0.2, -0.15) is 4.31 Å². The zero-order valence-electron chi connectivity index (χ0n) is 17.5. The molecule has 9 nitrogen and oxygen atoms in total. The van der Waals surface area contributed by atoms with Crippen molar-refractivity contribution in [2.45, 2.75) is 50.0 Å². The molecule has 2 fully saturated rings. The van der Waals surface area contributed by atoms with E-state index in [1.54, 1.807) is 12.1 Å². The Morgan fingerprint density at radius 1 is 1.13 bits per heavy atom. The molecule has 3 aliphatic rings. The summed E-state index contributed by atoms with van der Waals surface area (Å²) < 4.78 is 32.8. The lowest BCUT2D eigenvalue weighted by Crippen LogP contribution is -2.44. The first-order valence-electron chi connectivity index (χ1n) is 10.7. The van der Waals surface area contributed by atoms with E-state index in [1.807, 2.05) is 6.07 Å². The molecule has 0 saturated carbocycles. The van der Waals surface area contributed by atoms with Crippen LogP contribution in [-0.4, -0.2) is 67.8 Å². The predicted molar refractivity (Wildman–Crippen MR) is 111 cm³/mol. The van der Waals surface area contributed by atoms with Gasteiger partial charge >= 0.3 is 12.0 Å². The quantitative estimate of drug-likeness (QED) is 0.673. The predicted octanol–water partition coefficient (Wildman–Crippen LogP) is 1.06. The fourth-order valence-electron chi connectivity index (χ4n) is 4.41. The van der Waals surface area contributed by atoms with Crippen LogP contribution in [0.5, 0.6) is 0 Å². The number of aryl methyl sites for hydroxylation is 2. The van der Waals surface area contributed by atoms with Crippen molar-refractivity contribution in [1.82, 2.24) is 14.5 Å². The number of esters is 1. The lowest BCUT2D eigenvalue weighted by Gasteiger charge is -2.31. The van der Waals surface area contributed by atoms with Crippen LogP contribution in [0, 0.1) is 5.92 Å². The third-order valence-corrected chi connectivity index (χ3v) is 8.15. The number of carbonyl (C=O) groups excluding carboxylic acids is 3. The minimum absolute atomic E-state index is 0.218. The van der Waals surface area contributed by atoms with Crippen LogP contribution in [0.15, 0.2) is 23.1 Å². The summed E-state index contributed by atoms with van der Waals surface area (Å²) in [5, 5.41) is 2.53. The minimum Gasteiger partial charge on any atom is -0.452 e. The van der Waals surface area contributed by atoms with Gasteiger partial charge in [0.25, 0.3) is 5.91 Å². The normalized spacial score (nSPS) is 20.9. The molecule has 1 aromatic carbocycles. The van der Waals surface area contributed by atoms with Crippen molar-refractivity contribution in [2.24, 2.45) is 5.92 Å². The van der Waals surface area contributed by atoms with Crippen molar-refractivity contribution in [3.05, 3.63) is 29.3 Å². The lowest BCUT2D eigenvalue weighted by molar-refractivity contribution is -0.162. The number of rotatable bonds is 5. The van der Waals surface area contributed by atoms with Gasteiger partial charge < -0.3 is 10.1 Å². The molecule has 10 heteroatoms. The van der Waals surface area contributed by atoms with E-state index in [4.69, 9.17) is 4.74 Å². The maximum absolute atomic E-state index is 13.0. The Bertz CT molecular complexity index is 1000. The average molecular weight is 450 g/mol. The van der Waals surface area contributed by atoms with Gasteiger partial charge in [0.05, 0.1) is 10.8 Å². The highest BCUT2D eigenvalue weighted by atomic mass is 32.2. The van der Waals surface area contributed by atoms with Gasteiger partial charge in [-0.25, -0.2) is 13.2 Å². The Hall–Kier alpha value is -2.46. The topological polar surface area (TPSA) is 113 Å². The lowest BCUT2D eigenvalue weighted by atomic mass is 9.98. The van der Waals surface area contributed by atoms with E-state index in [-0.39, 0.29) is 19.6 Å². The summed E-state index contributed by atoms with van der Waals surface area (Å²) in [7, 11) is -3.61. The summed E-state index contributed by atoms with van der Waals surface area (Å²) in [5.41, 5.74) is 2.32. The fraction of sp³-hybridized carbons (Fsp3) is 0.571. The van der Waals surface area contributed by atoms with E-state index in [0.717, 1.165) is 29.7 Å². The number of carbonyl (C=O) groups is 3. The maximum Gasteiger partial charge on any atom is 0.324 e. The molecule has 1 aromatic rings. The molecule has 2 aliphatic heterocycles. The fourth-order valence-corrected chi connectivity index (χ4v) is 5.93. The van der Waals surface area contributed by atoms with E-state index in [0.29, 0.717) is 24.3 Å². The zero-order chi connectivity index (χ0) is 22.2. The van der Waals surface area contributed by atoms with Gasteiger partial charge in [0, 0.05) is 26.2 Å². The monoisotopic (exact) mass is 449 g/mol. The number of nitrogens with one attached hydrogen (secondary N) is 1. The minimum atomic E-state index is -3.61. The molecular formula is C21H27N3O6S. The molecule has 0 spiro atoms. The van der Waals surface area contributed by atoms with Crippen molar-refractivity contribution in [3.8, 4) is 0 Å². The second kappa shape index (κ2) is 8.58. The summed E-state index contributed by atoms with van der Waals surface area (Å²) in [5.74, 6) is -1.57. The van der Waals surface area contributed by atoms with Gasteiger partial charge in [-0.3, -0.25) is 14.5 Å². The Balaban J connectivity index is 1.33. The molecule has 1 aliphatic carbocycles. The molecule has 2 saturated heterocycles. The molecular weight excluding hydrogens is 422 g/mol. The number of urea groups is 1. The first kappa shape index (κ1) is 21.8. The van der Waals surface area contributed by atoms with Crippen molar-refractivity contribution in [3.63, 3.8) is 0 Å². The molecule has 1 N–H and O–H groups in total. The second-order valence-corrected chi connectivity index (χ2v) is 10.2. The van der Waals surface area contributed by atoms with Gasteiger partial charge in [0.2, 0.25) is 10.0 Å².